The van der Waals surface area contributed by atoms with Gasteiger partial charge in [0.05, 0.1) is 11.4 Å². The highest BCUT2D eigenvalue weighted by Gasteiger charge is 2.16. The van der Waals surface area contributed by atoms with Crippen LogP contribution in [0.4, 0.5) is 5.69 Å². The van der Waals surface area contributed by atoms with Crippen LogP contribution in [0, 0.1) is 0 Å². The fraction of sp³-hybridized carbons (Fsp3) is 0.214. The molecule has 0 atom stereocenters. The lowest BCUT2D eigenvalue weighted by atomic mass is 10.1. The molecular formula is C14H16N4O2S. The number of thiocarbonyl (C=S) groups is 1. The molecule has 0 radical (unpaired) electrons. The van der Waals surface area contributed by atoms with Crippen LogP contribution in [0.3, 0.4) is 0 Å². The van der Waals surface area contributed by atoms with Gasteiger partial charge in [-0.25, -0.2) is 0 Å². The molecule has 1 heterocycles. The van der Waals surface area contributed by atoms with Crippen LogP contribution in [-0.4, -0.2) is 29.9 Å². The zero-order valence-electron chi connectivity index (χ0n) is 11.6. The van der Waals surface area contributed by atoms with Gasteiger partial charge in [0.15, 0.2) is 11.7 Å². The van der Waals surface area contributed by atoms with Gasteiger partial charge in [-0.3, -0.25) is 10.2 Å². The monoisotopic (exact) mass is 304 g/mol. The minimum absolute atomic E-state index is 0.0459. The summed E-state index contributed by atoms with van der Waals surface area (Å²) >= 11 is 5.05. The summed E-state index contributed by atoms with van der Waals surface area (Å²) in [6, 6.07) is 5.49. The zero-order valence-corrected chi connectivity index (χ0v) is 12.4. The van der Waals surface area contributed by atoms with Crippen molar-refractivity contribution in [1.29, 1.82) is 0 Å². The molecule has 21 heavy (non-hydrogen) atoms. The Hall–Kier alpha value is -2.41. The van der Waals surface area contributed by atoms with Crippen molar-refractivity contribution >= 4 is 34.6 Å². The second-order valence-corrected chi connectivity index (χ2v) is 4.76. The van der Waals surface area contributed by atoms with E-state index in [1.165, 1.54) is 0 Å². The van der Waals surface area contributed by atoms with Crippen molar-refractivity contribution in [3.05, 3.63) is 36.4 Å². The van der Waals surface area contributed by atoms with Crippen molar-refractivity contribution in [2.24, 2.45) is 5.10 Å². The molecule has 110 valence electrons. The molecule has 0 fully saturated rings. The molecule has 0 saturated carbocycles. The first-order valence-electron chi connectivity index (χ1n) is 6.36. The van der Waals surface area contributed by atoms with E-state index in [1.54, 1.807) is 12.1 Å². The largest absolute Gasteiger partial charge is 0.482 e. The smallest absolute Gasteiger partial charge is 0.262 e. The molecule has 7 heteroatoms. The number of amides is 1. The molecule has 1 aromatic carbocycles. The van der Waals surface area contributed by atoms with Gasteiger partial charge in [-0.05, 0) is 42.9 Å². The van der Waals surface area contributed by atoms with Gasteiger partial charge in [-0.1, -0.05) is 6.08 Å². The Kier molecular flexibility index (Phi) is 4.89. The predicted molar refractivity (Wildman–Crippen MR) is 86.7 cm³/mol. The number of hydrazone groups is 1. The Morgan fingerprint density at radius 1 is 1.62 bits per heavy atom. The normalized spacial score (nSPS) is 13.6. The lowest BCUT2D eigenvalue weighted by molar-refractivity contribution is -0.118. The van der Waals surface area contributed by atoms with Gasteiger partial charge in [0.1, 0.15) is 5.75 Å². The van der Waals surface area contributed by atoms with E-state index in [2.05, 4.69) is 27.7 Å². The van der Waals surface area contributed by atoms with Crippen molar-refractivity contribution < 1.29 is 9.53 Å². The van der Waals surface area contributed by atoms with E-state index in [-0.39, 0.29) is 12.5 Å². The molecule has 2 rings (SSSR count). The van der Waals surface area contributed by atoms with Gasteiger partial charge >= 0.3 is 0 Å². The van der Waals surface area contributed by atoms with E-state index in [9.17, 15) is 4.79 Å². The van der Waals surface area contributed by atoms with E-state index in [0.717, 1.165) is 11.3 Å². The summed E-state index contributed by atoms with van der Waals surface area (Å²) in [6.45, 7) is 6.05. The maximum atomic E-state index is 11.3. The van der Waals surface area contributed by atoms with Gasteiger partial charge < -0.3 is 15.4 Å². The Balaban J connectivity index is 2.07. The molecule has 1 aliphatic rings. The van der Waals surface area contributed by atoms with E-state index in [1.807, 2.05) is 19.1 Å². The summed E-state index contributed by atoms with van der Waals surface area (Å²) < 4.78 is 5.31. The summed E-state index contributed by atoms with van der Waals surface area (Å²) in [4.78, 5) is 11.3. The topological polar surface area (TPSA) is 74.8 Å². The lowest BCUT2D eigenvalue weighted by Crippen LogP contribution is -2.32. The van der Waals surface area contributed by atoms with Crippen molar-refractivity contribution in [3.63, 3.8) is 0 Å². The average molecular weight is 304 g/mol. The molecule has 0 saturated heterocycles. The molecule has 1 aromatic rings. The van der Waals surface area contributed by atoms with Crippen LogP contribution in [0.25, 0.3) is 0 Å². The van der Waals surface area contributed by atoms with Crippen LogP contribution in [0.5, 0.6) is 5.75 Å². The molecule has 0 unspecified atom stereocenters. The first kappa shape index (κ1) is 15.0. The number of fused-ring (bicyclic) bond motifs is 1. The Bertz CT molecular complexity index is 613. The fourth-order valence-electron chi connectivity index (χ4n) is 1.71. The van der Waals surface area contributed by atoms with Gasteiger partial charge in [0, 0.05) is 6.54 Å². The number of nitrogens with one attached hydrogen (secondary N) is 3. The summed E-state index contributed by atoms with van der Waals surface area (Å²) in [5.41, 5.74) is 4.99. The highest BCUT2D eigenvalue weighted by molar-refractivity contribution is 7.80. The van der Waals surface area contributed by atoms with Crippen LogP contribution in [0.15, 0.2) is 36.0 Å². The number of hydrogen-bond donors (Lipinski definition) is 3. The average Bonchev–Trinajstić information content (AvgIpc) is 2.49. The molecular weight excluding hydrogens is 288 g/mol. The maximum absolute atomic E-state index is 11.3. The summed E-state index contributed by atoms with van der Waals surface area (Å²) in [5, 5.41) is 10.3. The van der Waals surface area contributed by atoms with Crippen LogP contribution in [0.2, 0.25) is 0 Å². The standard InChI is InChI=1S/C14H16N4O2S/c1-3-6-15-14(21)18-17-9(2)10-4-5-12-11(7-10)16-13(19)8-20-12/h3-5,7H,1,6,8H2,2H3,(H,16,19)(H2,15,18,21)/b17-9-. The van der Waals surface area contributed by atoms with Crippen molar-refractivity contribution in [2.45, 2.75) is 6.92 Å². The van der Waals surface area contributed by atoms with Crippen LogP contribution in [-0.2, 0) is 4.79 Å². The Morgan fingerprint density at radius 3 is 3.19 bits per heavy atom. The van der Waals surface area contributed by atoms with Crippen LogP contribution < -0.4 is 20.8 Å². The van der Waals surface area contributed by atoms with Crippen molar-refractivity contribution in [2.75, 3.05) is 18.5 Å². The minimum atomic E-state index is -0.165. The molecule has 1 amide bonds. The molecule has 6 nitrogen and oxygen atoms in total. The van der Waals surface area contributed by atoms with E-state index < -0.39 is 0 Å². The third-order valence-electron chi connectivity index (χ3n) is 2.76. The quantitative estimate of drug-likeness (QED) is 0.339. The number of carbonyl (C=O) groups is 1. The first-order chi connectivity index (χ1) is 10.1. The Labute approximate surface area is 128 Å². The van der Waals surface area contributed by atoms with Gasteiger partial charge in [0.2, 0.25) is 0 Å². The Morgan fingerprint density at radius 2 is 2.43 bits per heavy atom. The van der Waals surface area contributed by atoms with Crippen molar-refractivity contribution in [1.82, 2.24) is 10.7 Å². The highest BCUT2D eigenvalue weighted by Crippen LogP contribution is 2.28. The number of benzene rings is 1. The third kappa shape index (κ3) is 4.03. The second-order valence-electron chi connectivity index (χ2n) is 4.36. The summed E-state index contributed by atoms with van der Waals surface area (Å²) in [5.74, 6) is 0.490. The SMILES string of the molecule is C=CCNC(=S)N/N=C(/C)c1ccc2c(c1)NC(=O)CO2. The van der Waals surface area contributed by atoms with E-state index >= 15 is 0 Å². The molecule has 0 aliphatic carbocycles. The number of carbonyl (C=O) groups excluding carboxylic acids is 1. The first-order valence-corrected chi connectivity index (χ1v) is 6.77. The number of ether oxygens (including phenoxy) is 1. The van der Waals surface area contributed by atoms with Gasteiger partial charge in [-0.15, -0.1) is 6.58 Å². The van der Waals surface area contributed by atoms with Gasteiger partial charge in [0.25, 0.3) is 5.91 Å². The molecule has 3 N–H and O–H groups in total. The number of rotatable bonds is 4. The predicted octanol–water partition coefficient (Wildman–Crippen LogP) is 1.39. The molecule has 0 aromatic heterocycles. The third-order valence-corrected chi connectivity index (χ3v) is 3.00. The number of hydrogen-bond acceptors (Lipinski definition) is 4. The fourth-order valence-corrected chi connectivity index (χ4v) is 1.84. The number of nitrogens with zero attached hydrogens (tertiary/aromatic N) is 1. The van der Waals surface area contributed by atoms with Crippen molar-refractivity contribution in [3.8, 4) is 5.75 Å². The second kappa shape index (κ2) is 6.85. The molecule has 0 bridgehead atoms. The van der Waals surface area contributed by atoms with E-state index in [0.29, 0.717) is 23.1 Å². The zero-order chi connectivity index (χ0) is 15.2. The summed E-state index contributed by atoms with van der Waals surface area (Å²) in [7, 11) is 0. The molecule has 0 spiro atoms. The van der Waals surface area contributed by atoms with E-state index in [4.69, 9.17) is 17.0 Å². The van der Waals surface area contributed by atoms with Crippen LogP contribution >= 0.6 is 12.2 Å². The van der Waals surface area contributed by atoms with Gasteiger partial charge in [-0.2, -0.15) is 5.10 Å². The minimum Gasteiger partial charge on any atom is -0.482 e. The highest BCUT2D eigenvalue weighted by atomic mass is 32.1. The molecule has 1 aliphatic heterocycles. The summed E-state index contributed by atoms with van der Waals surface area (Å²) in [6.07, 6.45) is 1.71. The maximum Gasteiger partial charge on any atom is 0.262 e. The lowest BCUT2D eigenvalue weighted by Gasteiger charge is -2.18. The van der Waals surface area contributed by atoms with Crippen LogP contribution in [0.1, 0.15) is 12.5 Å². The number of anilines is 1.